The molecule has 0 aliphatic carbocycles. The van der Waals surface area contributed by atoms with Crippen LogP contribution in [0.15, 0.2) is 34.2 Å². The van der Waals surface area contributed by atoms with Crippen LogP contribution in [0.3, 0.4) is 0 Å². The van der Waals surface area contributed by atoms with E-state index in [1.165, 1.54) is 0 Å². The van der Waals surface area contributed by atoms with Gasteiger partial charge in [0, 0.05) is 7.05 Å². The van der Waals surface area contributed by atoms with Crippen LogP contribution >= 0.6 is 0 Å². The van der Waals surface area contributed by atoms with Crippen LogP contribution in [0, 0.1) is 11.3 Å². The van der Waals surface area contributed by atoms with Crippen LogP contribution in [0.4, 0.5) is 26.3 Å². The highest BCUT2D eigenvalue weighted by molar-refractivity contribution is 7.91. The molecule has 5 nitrogen and oxygen atoms in total. The van der Waals surface area contributed by atoms with E-state index in [1.807, 2.05) is 0 Å². The Bertz CT molecular complexity index is 967. The molecule has 0 fully saturated rings. The summed E-state index contributed by atoms with van der Waals surface area (Å²) in [5.74, 6) is 0. The predicted molar refractivity (Wildman–Crippen MR) is 69.8 cm³/mol. The number of benzene rings is 1. The van der Waals surface area contributed by atoms with Crippen molar-refractivity contribution in [3.63, 3.8) is 0 Å². The third-order valence-corrected chi connectivity index (χ3v) is 4.95. The van der Waals surface area contributed by atoms with E-state index in [9.17, 15) is 34.8 Å². The van der Waals surface area contributed by atoms with Crippen molar-refractivity contribution in [2.24, 2.45) is 7.05 Å². The number of halogens is 6. The number of sulfone groups is 1. The standard InChI is InChI=1S/C13H7F6N3O2S/c1-22-11(9(6-20)10(21-22)13(17,18)19)25(23,24)8-4-2-3-7(5-8)12(14,15)16/h2-5H,1H3. The smallest absolute Gasteiger partial charge is 0.255 e. The molecule has 1 aromatic heterocycles. The van der Waals surface area contributed by atoms with Crippen LogP contribution in [0.2, 0.25) is 0 Å². The molecule has 134 valence electrons. The number of rotatable bonds is 2. The van der Waals surface area contributed by atoms with E-state index < -0.39 is 48.9 Å². The fourth-order valence-corrected chi connectivity index (χ4v) is 3.63. The van der Waals surface area contributed by atoms with E-state index in [4.69, 9.17) is 5.26 Å². The van der Waals surface area contributed by atoms with Gasteiger partial charge in [-0.15, -0.1) is 0 Å². The number of hydrogen-bond acceptors (Lipinski definition) is 4. The Balaban J connectivity index is 2.75. The maximum Gasteiger partial charge on any atom is 0.436 e. The van der Waals surface area contributed by atoms with Crippen molar-refractivity contribution in [2.45, 2.75) is 22.3 Å². The minimum atomic E-state index is -5.11. The molecule has 1 aromatic carbocycles. The first-order valence-corrected chi connectivity index (χ1v) is 7.75. The lowest BCUT2D eigenvalue weighted by atomic mass is 10.2. The molecule has 0 saturated heterocycles. The van der Waals surface area contributed by atoms with E-state index in [2.05, 4.69) is 5.10 Å². The lowest BCUT2D eigenvalue weighted by Gasteiger charge is -2.10. The van der Waals surface area contributed by atoms with Crippen molar-refractivity contribution in [1.82, 2.24) is 9.78 Å². The van der Waals surface area contributed by atoms with Gasteiger partial charge < -0.3 is 0 Å². The lowest BCUT2D eigenvalue weighted by Crippen LogP contribution is -2.12. The Hall–Kier alpha value is -2.55. The molecule has 0 saturated carbocycles. The molecule has 0 aliphatic heterocycles. The monoisotopic (exact) mass is 383 g/mol. The van der Waals surface area contributed by atoms with Crippen molar-refractivity contribution in [1.29, 1.82) is 5.26 Å². The first-order chi connectivity index (χ1) is 11.3. The van der Waals surface area contributed by atoms with Crippen LogP contribution in [-0.2, 0) is 29.2 Å². The summed E-state index contributed by atoms with van der Waals surface area (Å²) in [5.41, 5.74) is -4.32. The van der Waals surface area contributed by atoms with Gasteiger partial charge in [-0.25, -0.2) is 8.42 Å². The maximum absolute atomic E-state index is 12.9. The zero-order chi connectivity index (χ0) is 19.2. The maximum atomic E-state index is 12.9. The van der Waals surface area contributed by atoms with Crippen LogP contribution in [0.5, 0.6) is 0 Å². The zero-order valence-electron chi connectivity index (χ0n) is 12.1. The Morgan fingerprint density at radius 3 is 2.20 bits per heavy atom. The fraction of sp³-hybridized carbons (Fsp3) is 0.231. The molecule has 12 heteroatoms. The molecular weight excluding hydrogens is 376 g/mol. The van der Waals surface area contributed by atoms with E-state index in [1.54, 1.807) is 0 Å². The molecular formula is C13H7F6N3O2S. The Labute approximate surface area is 137 Å². The topological polar surface area (TPSA) is 75.8 Å². The van der Waals surface area contributed by atoms with Gasteiger partial charge in [-0.3, -0.25) is 4.68 Å². The summed E-state index contributed by atoms with van der Waals surface area (Å²) in [6.07, 6.45) is -9.96. The molecule has 0 atom stereocenters. The first kappa shape index (κ1) is 18.8. The first-order valence-electron chi connectivity index (χ1n) is 6.26. The Kier molecular flexibility index (Phi) is 4.33. The normalized spacial score (nSPS) is 12.9. The Morgan fingerprint density at radius 1 is 1.12 bits per heavy atom. The lowest BCUT2D eigenvalue weighted by molar-refractivity contribution is -0.141. The van der Waals surface area contributed by atoms with Crippen LogP contribution in [0.25, 0.3) is 0 Å². The number of nitrogens with zero attached hydrogens (tertiary/aromatic N) is 3. The van der Waals surface area contributed by atoms with Crippen LogP contribution in [0.1, 0.15) is 16.8 Å². The van der Waals surface area contributed by atoms with Gasteiger partial charge in [0.05, 0.1) is 10.5 Å². The summed E-state index contributed by atoms with van der Waals surface area (Å²) in [6, 6.07) is 3.57. The van der Waals surface area contributed by atoms with Crippen molar-refractivity contribution in [3.8, 4) is 6.07 Å². The number of alkyl halides is 6. The summed E-state index contributed by atoms with van der Waals surface area (Å²) >= 11 is 0. The summed E-state index contributed by atoms with van der Waals surface area (Å²) in [4.78, 5) is -0.907. The van der Waals surface area contributed by atoms with E-state index >= 15 is 0 Å². The average Bonchev–Trinajstić information content (AvgIpc) is 2.84. The van der Waals surface area contributed by atoms with Gasteiger partial charge in [-0.2, -0.15) is 36.7 Å². The molecule has 0 bridgehead atoms. The van der Waals surface area contributed by atoms with Gasteiger partial charge in [-0.05, 0) is 18.2 Å². The quantitative estimate of drug-likeness (QED) is 0.747. The Morgan fingerprint density at radius 2 is 1.72 bits per heavy atom. The summed E-state index contributed by atoms with van der Waals surface area (Å²) in [6.45, 7) is 0. The number of hydrogen-bond donors (Lipinski definition) is 0. The highest BCUT2D eigenvalue weighted by atomic mass is 32.2. The largest absolute Gasteiger partial charge is 0.436 e. The third-order valence-electron chi connectivity index (χ3n) is 3.10. The molecule has 0 spiro atoms. The molecule has 0 amide bonds. The third kappa shape index (κ3) is 3.32. The van der Waals surface area contributed by atoms with Gasteiger partial charge in [0.2, 0.25) is 9.84 Å². The highest BCUT2D eigenvalue weighted by Crippen LogP contribution is 2.36. The highest BCUT2D eigenvalue weighted by Gasteiger charge is 2.42. The molecule has 0 aliphatic rings. The SMILES string of the molecule is Cn1nc(C(F)(F)F)c(C#N)c1S(=O)(=O)c1cccc(C(F)(F)F)c1. The number of aryl methyl sites for hydroxylation is 1. The number of aromatic nitrogens is 2. The summed E-state index contributed by atoms with van der Waals surface area (Å²) < 4.78 is 102. The van der Waals surface area contributed by atoms with Gasteiger partial charge in [0.1, 0.15) is 11.6 Å². The minimum absolute atomic E-state index is 0.275. The van der Waals surface area contributed by atoms with Gasteiger partial charge in [0.25, 0.3) is 0 Å². The number of nitriles is 1. The second-order valence-corrected chi connectivity index (χ2v) is 6.66. The van der Waals surface area contributed by atoms with Crippen LogP contribution < -0.4 is 0 Å². The zero-order valence-corrected chi connectivity index (χ0v) is 13.0. The van der Waals surface area contributed by atoms with Gasteiger partial charge in [0.15, 0.2) is 10.7 Å². The molecule has 0 radical (unpaired) electrons. The van der Waals surface area contributed by atoms with Crippen molar-refractivity contribution in [3.05, 3.63) is 41.1 Å². The second kappa shape index (κ2) is 5.76. The van der Waals surface area contributed by atoms with E-state index in [-0.39, 0.29) is 6.07 Å². The summed E-state index contributed by atoms with van der Waals surface area (Å²) in [7, 11) is -4.01. The molecule has 0 unspecified atom stereocenters. The predicted octanol–water partition coefficient (Wildman–Crippen LogP) is 3.16. The minimum Gasteiger partial charge on any atom is -0.255 e. The van der Waals surface area contributed by atoms with Crippen LogP contribution in [-0.4, -0.2) is 18.2 Å². The molecule has 2 aromatic rings. The van der Waals surface area contributed by atoms with Crippen molar-refractivity contribution in [2.75, 3.05) is 0 Å². The van der Waals surface area contributed by atoms with Gasteiger partial charge in [-0.1, -0.05) is 6.07 Å². The van der Waals surface area contributed by atoms with Crippen molar-refractivity contribution < 1.29 is 34.8 Å². The van der Waals surface area contributed by atoms with Crippen molar-refractivity contribution >= 4 is 9.84 Å². The van der Waals surface area contributed by atoms with E-state index in [0.29, 0.717) is 10.7 Å². The second-order valence-electron chi connectivity index (χ2n) is 4.79. The molecule has 0 N–H and O–H groups in total. The average molecular weight is 383 g/mol. The molecule has 2 rings (SSSR count). The molecule has 1 heterocycles. The van der Waals surface area contributed by atoms with E-state index in [0.717, 1.165) is 25.2 Å². The summed E-state index contributed by atoms with van der Waals surface area (Å²) in [5, 5.41) is 10.8. The molecule has 25 heavy (non-hydrogen) atoms. The van der Waals surface area contributed by atoms with Gasteiger partial charge >= 0.3 is 12.4 Å². The fourth-order valence-electron chi connectivity index (χ4n) is 2.07.